The van der Waals surface area contributed by atoms with Gasteiger partial charge >= 0.3 is 0 Å². The molecule has 32 heavy (non-hydrogen) atoms. The van der Waals surface area contributed by atoms with Crippen LogP contribution in [0.25, 0.3) is 6.08 Å². The van der Waals surface area contributed by atoms with Crippen LogP contribution in [0.1, 0.15) is 31.9 Å². The van der Waals surface area contributed by atoms with Crippen molar-refractivity contribution in [3.63, 3.8) is 0 Å². The van der Waals surface area contributed by atoms with Crippen LogP contribution in [-0.4, -0.2) is 28.2 Å². The zero-order valence-electron chi connectivity index (χ0n) is 17.4. The fraction of sp³-hybridized carbons (Fsp3) is 0.167. The first-order chi connectivity index (χ1) is 15.4. The van der Waals surface area contributed by atoms with Crippen molar-refractivity contribution in [2.24, 2.45) is 0 Å². The fourth-order valence-corrected chi connectivity index (χ4v) is 4.54. The van der Waals surface area contributed by atoms with E-state index in [1.807, 2.05) is 11.8 Å². The van der Waals surface area contributed by atoms with Gasteiger partial charge in [0.15, 0.2) is 0 Å². The molecule has 1 N–H and O–H groups in total. The van der Waals surface area contributed by atoms with Crippen LogP contribution in [0.5, 0.6) is 0 Å². The molecule has 1 aromatic heterocycles. The van der Waals surface area contributed by atoms with Crippen molar-refractivity contribution in [3.8, 4) is 0 Å². The van der Waals surface area contributed by atoms with E-state index in [2.05, 4.69) is 16.8 Å². The molecule has 0 unspecified atom stereocenters. The van der Waals surface area contributed by atoms with Gasteiger partial charge in [-0.3, -0.25) is 19.7 Å². The molecule has 2 heterocycles. The van der Waals surface area contributed by atoms with E-state index in [4.69, 9.17) is 0 Å². The summed E-state index contributed by atoms with van der Waals surface area (Å²) < 4.78 is 0. The molecule has 0 bridgehead atoms. The van der Waals surface area contributed by atoms with E-state index in [0.717, 1.165) is 6.42 Å². The molecule has 2 amide bonds. The number of nitro groups is 1. The Morgan fingerprint density at radius 1 is 1.16 bits per heavy atom. The molecule has 8 heteroatoms. The number of hydrogen-bond acceptors (Lipinski definition) is 5. The summed E-state index contributed by atoms with van der Waals surface area (Å²) in [6.45, 7) is 3.11. The maximum atomic E-state index is 13.1. The molecule has 4 rings (SSSR count). The molecule has 0 radical (unpaired) electrons. The van der Waals surface area contributed by atoms with Gasteiger partial charge in [-0.25, -0.2) is 0 Å². The number of thiophene rings is 1. The Morgan fingerprint density at radius 2 is 1.94 bits per heavy atom. The van der Waals surface area contributed by atoms with Crippen LogP contribution in [0.2, 0.25) is 0 Å². The van der Waals surface area contributed by atoms with Crippen LogP contribution >= 0.6 is 11.3 Å². The van der Waals surface area contributed by atoms with Gasteiger partial charge in [0.2, 0.25) is 5.91 Å². The van der Waals surface area contributed by atoms with Gasteiger partial charge in [-0.1, -0.05) is 6.07 Å². The minimum absolute atomic E-state index is 0.00682. The van der Waals surface area contributed by atoms with Crippen molar-refractivity contribution in [2.45, 2.75) is 19.9 Å². The molecule has 1 aliphatic heterocycles. The molecule has 7 nitrogen and oxygen atoms in total. The molecule has 0 atom stereocenters. The van der Waals surface area contributed by atoms with Crippen LogP contribution in [0.15, 0.2) is 60.0 Å². The molecule has 0 spiro atoms. The molecule has 162 valence electrons. The molecule has 0 aliphatic carbocycles. The molecule has 1 aliphatic rings. The predicted octanol–water partition coefficient (Wildman–Crippen LogP) is 4.82. The van der Waals surface area contributed by atoms with Crippen LogP contribution in [0.4, 0.5) is 11.4 Å². The normalized spacial score (nSPS) is 13.1. The number of benzene rings is 2. The molecular formula is C24H21N3O4S. The second kappa shape index (κ2) is 9.15. The molecule has 0 saturated carbocycles. The number of fused-ring (bicyclic) bond motifs is 1. The van der Waals surface area contributed by atoms with Gasteiger partial charge in [-0.2, -0.15) is 0 Å². The van der Waals surface area contributed by atoms with Crippen molar-refractivity contribution in [2.75, 3.05) is 11.9 Å². The number of anilines is 1. The summed E-state index contributed by atoms with van der Waals surface area (Å²) >= 11 is 1.73. The number of carbonyl (C=O) groups is 2. The van der Waals surface area contributed by atoms with Gasteiger partial charge in [-0.05, 0) is 71.8 Å². The second-order valence-corrected chi connectivity index (χ2v) is 8.50. The average Bonchev–Trinajstić information content (AvgIpc) is 3.27. The highest BCUT2D eigenvalue weighted by molar-refractivity contribution is 7.10. The number of nitrogens with one attached hydrogen (secondary N) is 1. The third-order valence-electron chi connectivity index (χ3n) is 5.45. The van der Waals surface area contributed by atoms with Gasteiger partial charge < -0.3 is 10.2 Å². The summed E-state index contributed by atoms with van der Waals surface area (Å²) in [7, 11) is 0. The summed E-state index contributed by atoms with van der Waals surface area (Å²) in [5, 5.41) is 15.6. The summed E-state index contributed by atoms with van der Waals surface area (Å²) in [5.74, 6) is -0.395. The third-order valence-corrected chi connectivity index (χ3v) is 6.47. The lowest BCUT2D eigenvalue weighted by atomic mass is 10.0. The Morgan fingerprint density at radius 3 is 2.69 bits per heavy atom. The van der Waals surface area contributed by atoms with Crippen molar-refractivity contribution in [3.05, 3.63) is 97.2 Å². The minimum Gasteiger partial charge on any atom is -0.334 e. The lowest BCUT2D eigenvalue weighted by Gasteiger charge is -2.28. The van der Waals surface area contributed by atoms with E-state index in [1.165, 1.54) is 28.6 Å². The number of nitrogens with zero attached hydrogens (tertiary/aromatic N) is 2. The zero-order chi connectivity index (χ0) is 22.7. The van der Waals surface area contributed by atoms with Gasteiger partial charge in [0.05, 0.1) is 4.92 Å². The summed E-state index contributed by atoms with van der Waals surface area (Å²) in [4.78, 5) is 39.0. The highest BCUT2D eigenvalue weighted by Crippen LogP contribution is 2.27. The predicted molar refractivity (Wildman–Crippen MR) is 125 cm³/mol. The lowest BCUT2D eigenvalue weighted by Crippen LogP contribution is -2.35. The first-order valence-corrected chi connectivity index (χ1v) is 11.0. The molecular weight excluding hydrogens is 426 g/mol. The molecule has 0 saturated heterocycles. The number of carbonyl (C=O) groups excluding carboxylic acids is 2. The topological polar surface area (TPSA) is 92.5 Å². The van der Waals surface area contributed by atoms with Crippen LogP contribution in [0, 0.1) is 17.0 Å². The van der Waals surface area contributed by atoms with Gasteiger partial charge in [0.25, 0.3) is 11.6 Å². The first kappa shape index (κ1) is 21.5. The molecule has 0 fully saturated rings. The third kappa shape index (κ3) is 4.60. The smallest absolute Gasteiger partial charge is 0.269 e. The van der Waals surface area contributed by atoms with Crippen LogP contribution < -0.4 is 5.32 Å². The Balaban J connectivity index is 1.44. The maximum Gasteiger partial charge on any atom is 0.269 e. The highest BCUT2D eigenvalue weighted by atomic mass is 32.1. The number of amides is 2. The molecule has 3 aromatic rings. The number of rotatable bonds is 5. The van der Waals surface area contributed by atoms with Crippen LogP contribution in [-0.2, 0) is 17.8 Å². The van der Waals surface area contributed by atoms with Gasteiger partial charge in [0.1, 0.15) is 0 Å². The van der Waals surface area contributed by atoms with Crippen molar-refractivity contribution in [1.82, 2.24) is 4.90 Å². The van der Waals surface area contributed by atoms with E-state index in [9.17, 15) is 19.7 Å². The Labute approximate surface area is 189 Å². The van der Waals surface area contributed by atoms with Gasteiger partial charge in [-0.15, -0.1) is 11.3 Å². The summed E-state index contributed by atoms with van der Waals surface area (Å²) in [6.07, 6.45) is 3.80. The van der Waals surface area contributed by atoms with E-state index >= 15 is 0 Å². The fourth-order valence-electron chi connectivity index (χ4n) is 3.65. The van der Waals surface area contributed by atoms with Crippen LogP contribution in [0.3, 0.4) is 0 Å². The lowest BCUT2D eigenvalue weighted by molar-refractivity contribution is -0.384. The SMILES string of the molecule is Cc1c(NC(=O)C=Cc2ccc([N+](=O)[O-])cc2)cccc1C(=O)N1CCc2sccc2C1. The number of nitro benzene ring substituents is 1. The minimum atomic E-state index is -0.472. The van der Waals surface area contributed by atoms with E-state index in [1.54, 1.807) is 47.7 Å². The van der Waals surface area contributed by atoms with E-state index in [-0.39, 0.29) is 17.5 Å². The van der Waals surface area contributed by atoms with E-state index < -0.39 is 4.92 Å². The average molecular weight is 448 g/mol. The number of non-ortho nitro benzene ring substituents is 1. The number of hydrogen-bond donors (Lipinski definition) is 1. The quantitative estimate of drug-likeness (QED) is 0.345. The summed E-state index contributed by atoms with van der Waals surface area (Å²) in [6, 6.07) is 13.3. The van der Waals surface area contributed by atoms with Crippen molar-refractivity contribution < 1.29 is 14.5 Å². The van der Waals surface area contributed by atoms with Crippen molar-refractivity contribution >= 4 is 40.6 Å². The Kier molecular flexibility index (Phi) is 6.13. The Bertz CT molecular complexity index is 1210. The zero-order valence-corrected chi connectivity index (χ0v) is 18.2. The standard InChI is InChI=1S/C24H21N3O4S/c1-16-20(24(29)26-13-11-22-18(15-26)12-14-32-22)3-2-4-21(16)25-23(28)10-7-17-5-8-19(9-6-17)27(30)31/h2-10,12,14H,11,13,15H2,1H3,(H,25,28). The Hall–Kier alpha value is -3.78. The van der Waals surface area contributed by atoms with Gasteiger partial charge in [0, 0.05) is 47.4 Å². The highest BCUT2D eigenvalue weighted by Gasteiger charge is 2.24. The van der Waals surface area contributed by atoms with E-state index in [0.29, 0.717) is 35.5 Å². The largest absolute Gasteiger partial charge is 0.334 e. The first-order valence-electron chi connectivity index (χ1n) is 10.1. The summed E-state index contributed by atoms with van der Waals surface area (Å²) in [5.41, 5.74) is 3.72. The van der Waals surface area contributed by atoms with Crippen molar-refractivity contribution in [1.29, 1.82) is 0 Å². The maximum absolute atomic E-state index is 13.1. The second-order valence-electron chi connectivity index (χ2n) is 7.50. The molecule has 2 aromatic carbocycles. The monoisotopic (exact) mass is 447 g/mol.